The zero-order chi connectivity index (χ0) is 16.8. The molecule has 2 amide bonds. The molecule has 24 heavy (non-hydrogen) atoms. The molecule has 0 saturated heterocycles. The number of aliphatic hydroxyl groups is 1. The fraction of sp³-hybridized carbons (Fsp3) is 0.150. The minimum Gasteiger partial charge on any atom is -0.394 e. The molecule has 122 valence electrons. The number of amides is 2. The largest absolute Gasteiger partial charge is 0.394 e. The first-order valence-electron chi connectivity index (χ1n) is 7.96. The van der Waals surface area contributed by atoms with Crippen LogP contribution in [-0.4, -0.2) is 23.8 Å². The lowest BCUT2D eigenvalue weighted by molar-refractivity contribution is 0.224. The molecule has 0 fully saturated rings. The molecule has 0 aliphatic carbocycles. The minimum absolute atomic E-state index is 0.111. The second kappa shape index (κ2) is 7.62. The molecule has 1 unspecified atom stereocenters. The molecule has 0 aromatic heterocycles. The van der Waals surface area contributed by atoms with Gasteiger partial charge in [0.15, 0.2) is 0 Å². The monoisotopic (exact) mass is 320 g/mol. The Balaban J connectivity index is 1.62. The lowest BCUT2D eigenvalue weighted by Gasteiger charge is -2.17. The summed E-state index contributed by atoms with van der Waals surface area (Å²) < 4.78 is 0. The summed E-state index contributed by atoms with van der Waals surface area (Å²) in [6.45, 7) is -0.111. The Morgan fingerprint density at radius 1 is 0.917 bits per heavy atom. The maximum Gasteiger partial charge on any atom is 0.319 e. The van der Waals surface area contributed by atoms with Crippen LogP contribution < -0.4 is 10.6 Å². The van der Waals surface area contributed by atoms with Crippen LogP contribution in [0.2, 0.25) is 0 Å². The smallest absolute Gasteiger partial charge is 0.319 e. The molecule has 1 atom stereocenters. The van der Waals surface area contributed by atoms with Crippen molar-refractivity contribution in [1.82, 2.24) is 5.32 Å². The van der Waals surface area contributed by atoms with Gasteiger partial charge < -0.3 is 15.7 Å². The Morgan fingerprint density at radius 2 is 1.62 bits per heavy atom. The van der Waals surface area contributed by atoms with Crippen LogP contribution in [0.1, 0.15) is 5.56 Å². The highest BCUT2D eigenvalue weighted by Gasteiger charge is 2.12. The topological polar surface area (TPSA) is 61.4 Å². The summed E-state index contributed by atoms with van der Waals surface area (Å²) in [7, 11) is 0. The Kier molecular flexibility index (Phi) is 5.08. The first-order valence-corrected chi connectivity index (χ1v) is 7.96. The fourth-order valence-electron chi connectivity index (χ4n) is 2.68. The van der Waals surface area contributed by atoms with Gasteiger partial charge in [0.1, 0.15) is 0 Å². The summed E-state index contributed by atoms with van der Waals surface area (Å²) in [4.78, 5) is 12.2. The highest BCUT2D eigenvalue weighted by Crippen LogP contribution is 2.18. The van der Waals surface area contributed by atoms with Gasteiger partial charge in [0, 0.05) is 5.69 Å². The fourth-order valence-corrected chi connectivity index (χ4v) is 2.68. The van der Waals surface area contributed by atoms with E-state index in [0.29, 0.717) is 6.42 Å². The predicted molar refractivity (Wildman–Crippen MR) is 97.1 cm³/mol. The molecule has 3 N–H and O–H groups in total. The van der Waals surface area contributed by atoms with E-state index in [1.165, 1.54) is 0 Å². The van der Waals surface area contributed by atoms with Crippen LogP contribution in [0.5, 0.6) is 0 Å². The van der Waals surface area contributed by atoms with Crippen LogP contribution in [0.25, 0.3) is 10.8 Å². The molecule has 0 aliphatic rings. The van der Waals surface area contributed by atoms with E-state index in [9.17, 15) is 9.90 Å². The molecule has 0 bridgehead atoms. The molecule has 0 aliphatic heterocycles. The van der Waals surface area contributed by atoms with Crippen LogP contribution in [-0.2, 0) is 6.42 Å². The number of urea groups is 1. The Hall–Kier alpha value is -2.85. The molecule has 0 saturated carbocycles. The zero-order valence-electron chi connectivity index (χ0n) is 13.3. The van der Waals surface area contributed by atoms with Gasteiger partial charge in [-0.1, -0.05) is 60.7 Å². The van der Waals surface area contributed by atoms with Gasteiger partial charge in [0.2, 0.25) is 0 Å². The van der Waals surface area contributed by atoms with Crippen molar-refractivity contribution in [3.63, 3.8) is 0 Å². The number of fused-ring (bicyclic) bond motifs is 1. The van der Waals surface area contributed by atoms with Crippen molar-refractivity contribution in [2.45, 2.75) is 12.5 Å². The van der Waals surface area contributed by atoms with Crippen molar-refractivity contribution in [3.05, 3.63) is 78.4 Å². The molecule has 4 nitrogen and oxygen atoms in total. The van der Waals surface area contributed by atoms with Crippen LogP contribution in [0.15, 0.2) is 72.8 Å². The van der Waals surface area contributed by atoms with Gasteiger partial charge in [-0.15, -0.1) is 0 Å². The van der Waals surface area contributed by atoms with Crippen LogP contribution in [0.4, 0.5) is 10.5 Å². The highest BCUT2D eigenvalue weighted by molar-refractivity contribution is 5.93. The number of benzene rings is 3. The van der Waals surface area contributed by atoms with Gasteiger partial charge in [-0.3, -0.25) is 0 Å². The highest BCUT2D eigenvalue weighted by atomic mass is 16.3. The van der Waals surface area contributed by atoms with Gasteiger partial charge in [0.05, 0.1) is 12.6 Å². The van der Waals surface area contributed by atoms with E-state index >= 15 is 0 Å². The number of carbonyl (C=O) groups is 1. The molecule has 0 radical (unpaired) electrons. The van der Waals surface area contributed by atoms with E-state index in [-0.39, 0.29) is 18.7 Å². The lowest BCUT2D eigenvalue weighted by atomic mass is 10.1. The maximum absolute atomic E-state index is 12.2. The van der Waals surface area contributed by atoms with Gasteiger partial charge in [-0.25, -0.2) is 4.79 Å². The number of hydrogen-bond donors (Lipinski definition) is 3. The average molecular weight is 320 g/mol. The minimum atomic E-state index is -0.326. The SMILES string of the molecule is O=C(Nc1ccc2ccccc2c1)NC(CO)Cc1ccccc1. The first-order chi connectivity index (χ1) is 11.7. The molecule has 0 heterocycles. The predicted octanol–water partition coefficient (Wildman–Crippen LogP) is 3.56. The summed E-state index contributed by atoms with van der Waals surface area (Å²) in [5.74, 6) is 0. The summed E-state index contributed by atoms with van der Waals surface area (Å²) >= 11 is 0. The Labute approximate surface area is 141 Å². The summed E-state index contributed by atoms with van der Waals surface area (Å²) in [5.41, 5.74) is 1.80. The Bertz CT molecular complexity index is 818. The molecule has 4 heteroatoms. The molecule has 3 aromatic carbocycles. The van der Waals surface area contributed by atoms with E-state index in [4.69, 9.17) is 0 Å². The van der Waals surface area contributed by atoms with E-state index < -0.39 is 0 Å². The molecular weight excluding hydrogens is 300 g/mol. The van der Waals surface area contributed by atoms with Crippen molar-refractivity contribution in [3.8, 4) is 0 Å². The van der Waals surface area contributed by atoms with E-state index in [0.717, 1.165) is 22.0 Å². The van der Waals surface area contributed by atoms with Crippen molar-refractivity contribution >= 4 is 22.5 Å². The van der Waals surface area contributed by atoms with Crippen LogP contribution >= 0.6 is 0 Å². The second-order valence-electron chi connectivity index (χ2n) is 5.73. The number of carbonyl (C=O) groups excluding carboxylic acids is 1. The van der Waals surface area contributed by atoms with E-state index in [1.807, 2.05) is 72.8 Å². The number of hydrogen-bond acceptors (Lipinski definition) is 2. The number of nitrogens with one attached hydrogen (secondary N) is 2. The second-order valence-corrected chi connectivity index (χ2v) is 5.73. The molecular formula is C20H20N2O2. The standard InChI is InChI=1S/C20H20N2O2/c23-14-19(12-15-6-2-1-3-7-15)22-20(24)21-18-11-10-16-8-4-5-9-17(16)13-18/h1-11,13,19,23H,12,14H2,(H2,21,22,24). The lowest BCUT2D eigenvalue weighted by Crippen LogP contribution is -2.41. The summed E-state index contributed by atoms with van der Waals surface area (Å²) in [6, 6.07) is 22.9. The van der Waals surface area contributed by atoms with E-state index in [2.05, 4.69) is 10.6 Å². The van der Waals surface area contributed by atoms with Gasteiger partial charge in [-0.2, -0.15) is 0 Å². The van der Waals surface area contributed by atoms with Crippen molar-refractivity contribution < 1.29 is 9.90 Å². The van der Waals surface area contributed by atoms with E-state index in [1.54, 1.807) is 0 Å². The maximum atomic E-state index is 12.2. The molecule has 3 rings (SSSR count). The number of rotatable bonds is 5. The third kappa shape index (κ3) is 4.12. The third-order valence-electron chi connectivity index (χ3n) is 3.89. The van der Waals surface area contributed by atoms with Crippen molar-refractivity contribution in [1.29, 1.82) is 0 Å². The van der Waals surface area contributed by atoms with Crippen LogP contribution in [0, 0.1) is 0 Å². The quantitative estimate of drug-likeness (QED) is 0.673. The summed E-state index contributed by atoms with van der Waals surface area (Å²) in [5, 5.41) is 17.3. The molecule has 3 aromatic rings. The van der Waals surface area contributed by atoms with Crippen molar-refractivity contribution in [2.75, 3.05) is 11.9 Å². The van der Waals surface area contributed by atoms with Gasteiger partial charge in [-0.05, 0) is 34.9 Å². The Morgan fingerprint density at radius 3 is 2.38 bits per heavy atom. The summed E-state index contributed by atoms with van der Waals surface area (Å²) in [6.07, 6.45) is 0.586. The van der Waals surface area contributed by atoms with Gasteiger partial charge >= 0.3 is 6.03 Å². The normalized spacial score (nSPS) is 11.9. The van der Waals surface area contributed by atoms with Crippen molar-refractivity contribution in [2.24, 2.45) is 0 Å². The molecule has 0 spiro atoms. The number of anilines is 1. The number of aliphatic hydroxyl groups excluding tert-OH is 1. The van der Waals surface area contributed by atoms with Crippen LogP contribution in [0.3, 0.4) is 0 Å². The van der Waals surface area contributed by atoms with Gasteiger partial charge in [0.25, 0.3) is 0 Å². The zero-order valence-corrected chi connectivity index (χ0v) is 13.3. The first kappa shape index (κ1) is 16.0. The third-order valence-corrected chi connectivity index (χ3v) is 3.89. The average Bonchev–Trinajstić information content (AvgIpc) is 2.62.